The molecule has 0 aliphatic heterocycles. The van der Waals surface area contributed by atoms with Gasteiger partial charge in [-0.05, 0) is 29.8 Å². The summed E-state index contributed by atoms with van der Waals surface area (Å²) in [5.41, 5.74) is 3.36. The first kappa shape index (κ1) is 16.0. The Morgan fingerprint density at radius 3 is 2.54 bits per heavy atom. The van der Waals surface area contributed by atoms with Crippen LogP contribution in [0.5, 0.6) is 0 Å². The van der Waals surface area contributed by atoms with Crippen molar-refractivity contribution in [2.75, 3.05) is 0 Å². The quantitative estimate of drug-likeness (QED) is 0.605. The van der Waals surface area contributed by atoms with Crippen LogP contribution in [0.1, 0.15) is 17.3 Å². The van der Waals surface area contributed by atoms with E-state index in [4.69, 9.17) is 0 Å². The molecule has 0 saturated carbocycles. The summed E-state index contributed by atoms with van der Waals surface area (Å²) in [4.78, 5) is 17.1. The molecule has 4 aromatic rings. The van der Waals surface area contributed by atoms with Gasteiger partial charge in [-0.1, -0.05) is 53.7 Å². The Morgan fingerprint density at radius 2 is 1.73 bits per heavy atom. The molecule has 0 fully saturated rings. The summed E-state index contributed by atoms with van der Waals surface area (Å²) >= 11 is 0. The maximum atomic E-state index is 12.7. The van der Waals surface area contributed by atoms with Crippen molar-refractivity contribution in [2.45, 2.75) is 12.6 Å². The maximum absolute atomic E-state index is 12.7. The van der Waals surface area contributed by atoms with E-state index < -0.39 is 0 Å². The topological polar surface area (TPSA) is 72.7 Å². The molecule has 2 aromatic heterocycles. The Kier molecular flexibility index (Phi) is 4.38. The van der Waals surface area contributed by atoms with Crippen molar-refractivity contribution in [3.05, 3.63) is 90.3 Å². The van der Waals surface area contributed by atoms with Gasteiger partial charge < -0.3 is 5.32 Å². The van der Waals surface area contributed by atoms with Crippen LogP contribution in [0.2, 0.25) is 0 Å². The second-order valence-electron chi connectivity index (χ2n) is 5.90. The lowest BCUT2D eigenvalue weighted by Gasteiger charge is -2.19. The summed E-state index contributed by atoms with van der Waals surface area (Å²) in [7, 11) is 0. The van der Waals surface area contributed by atoms with E-state index in [1.54, 1.807) is 10.9 Å². The lowest BCUT2D eigenvalue weighted by Crippen LogP contribution is -2.33. The molecule has 4 rings (SSSR count). The number of para-hydroxylation sites is 1. The molecule has 1 atom stereocenters. The highest BCUT2D eigenvalue weighted by Crippen LogP contribution is 2.20. The van der Waals surface area contributed by atoms with Crippen LogP contribution in [0.3, 0.4) is 0 Å². The van der Waals surface area contributed by atoms with Gasteiger partial charge in [0.05, 0.1) is 17.3 Å². The number of nitrogens with one attached hydrogen (secondary N) is 1. The molecule has 0 aliphatic carbocycles. The third-order valence-electron chi connectivity index (χ3n) is 4.14. The van der Waals surface area contributed by atoms with E-state index in [-0.39, 0.29) is 18.5 Å². The summed E-state index contributed by atoms with van der Waals surface area (Å²) in [6.45, 7) is 0.0939. The van der Waals surface area contributed by atoms with Gasteiger partial charge in [-0.2, -0.15) is 0 Å². The first-order chi connectivity index (χ1) is 12.8. The number of hydrogen-bond donors (Lipinski definition) is 1. The summed E-state index contributed by atoms with van der Waals surface area (Å²) in [6, 6.07) is 22.7. The molecule has 0 radical (unpaired) electrons. The summed E-state index contributed by atoms with van der Waals surface area (Å²) in [6.07, 6.45) is 1.72. The van der Waals surface area contributed by atoms with Crippen LogP contribution in [-0.2, 0) is 11.3 Å². The van der Waals surface area contributed by atoms with E-state index in [1.165, 1.54) is 0 Å². The van der Waals surface area contributed by atoms with Gasteiger partial charge in [0.25, 0.3) is 0 Å². The number of carbonyl (C=O) groups excluding carboxylic acids is 1. The third-order valence-corrected chi connectivity index (χ3v) is 4.14. The van der Waals surface area contributed by atoms with E-state index in [0.29, 0.717) is 0 Å². The number of fused-ring (bicyclic) bond motifs is 1. The molecule has 1 N–H and O–H groups in total. The standard InChI is InChI=1S/C20H17N5O/c26-19(14-25-18-12-5-4-10-16(18)23-24-25)22-20(15-8-2-1-3-9-15)17-11-6-7-13-21-17/h1-13,20H,14H2,(H,22,26). The smallest absolute Gasteiger partial charge is 0.242 e. The number of pyridine rings is 1. The summed E-state index contributed by atoms with van der Waals surface area (Å²) in [5.74, 6) is -0.153. The fourth-order valence-electron chi connectivity index (χ4n) is 2.90. The highest BCUT2D eigenvalue weighted by atomic mass is 16.2. The summed E-state index contributed by atoms with van der Waals surface area (Å²) in [5, 5.41) is 11.2. The number of rotatable bonds is 5. The monoisotopic (exact) mass is 343 g/mol. The van der Waals surface area contributed by atoms with Crippen molar-refractivity contribution in [3.8, 4) is 0 Å². The largest absolute Gasteiger partial charge is 0.342 e. The van der Waals surface area contributed by atoms with Crippen LogP contribution in [0.15, 0.2) is 79.0 Å². The molecule has 1 amide bonds. The zero-order valence-corrected chi connectivity index (χ0v) is 14.0. The Morgan fingerprint density at radius 1 is 0.962 bits per heavy atom. The SMILES string of the molecule is O=C(Cn1nnc2ccccc21)NC(c1ccccc1)c1ccccn1. The Labute approximate surface area is 150 Å². The molecule has 1 unspecified atom stereocenters. The van der Waals surface area contributed by atoms with E-state index in [1.807, 2.05) is 72.8 Å². The lowest BCUT2D eigenvalue weighted by atomic mass is 10.0. The van der Waals surface area contributed by atoms with Crippen molar-refractivity contribution in [1.82, 2.24) is 25.3 Å². The molecular weight excluding hydrogens is 326 g/mol. The molecule has 0 aliphatic rings. The van der Waals surface area contributed by atoms with Crippen LogP contribution in [0.25, 0.3) is 11.0 Å². The van der Waals surface area contributed by atoms with Gasteiger partial charge in [-0.3, -0.25) is 9.78 Å². The minimum absolute atomic E-state index is 0.0939. The van der Waals surface area contributed by atoms with Crippen molar-refractivity contribution in [3.63, 3.8) is 0 Å². The Balaban J connectivity index is 1.58. The minimum atomic E-state index is -0.320. The normalized spacial score (nSPS) is 12.0. The van der Waals surface area contributed by atoms with E-state index in [0.717, 1.165) is 22.3 Å². The molecule has 128 valence electrons. The molecule has 2 aromatic carbocycles. The number of carbonyl (C=O) groups is 1. The molecule has 0 saturated heterocycles. The fraction of sp³-hybridized carbons (Fsp3) is 0.100. The van der Waals surface area contributed by atoms with Gasteiger partial charge in [-0.15, -0.1) is 5.10 Å². The number of hydrogen-bond acceptors (Lipinski definition) is 4. The number of nitrogens with zero attached hydrogens (tertiary/aromatic N) is 4. The van der Waals surface area contributed by atoms with Gasteiger partial charge in [-0.25, -0.2) is 4.68 Å². The van der Waals surface area contributed by atoms with Crippen molar-refractivity contribution in [1.29, 1.82) is 0 Å². The third kappa shape index (κ3) is 3.30. The van der Waals surface area contributed by atoms with E-state index >= 15 is 0 Å². The molecule has 6 heteroatoms. The number of benzene rings is 2. The van der Waals surface area contributed by atoms with Gasteiger partial charge in [0.1, 0.15) is 12.1 Å². The van der Waals surface area contributed by atoms with Crippen molar-refractivity contribution >= 4 is 16.9 Å². The summed E-state index contributed by atoms with van der Waals surface area (Å²) < 4.78 is 1.60. The van der Waals surface area contributed by atoms with Crippen molar-refractivity contribution < 1.29 is 4.79 Å². The Hall–Kier alpha value is -3.54. The predicted molar refractivity (Wildman–Crippen MR) is 98.2 cm³/mol. The average Bonchev–Trinajstić information content (AvgIpc) is 3.10. The van der Waals surface area contributed by atoms with Crippen LogP contribution in [-0.4, -0.2) is 25.9 Å². The molecule has 0 spiro atoms. The van der Waals surface area contributed by atoms with E-state index in [2.05, 4.69) is 20.6 Å². The van der Waals surface area contributed by atoms with Gasteiger partial charge in [0.2, 0.25) is 5.91 Å². The Bertz CT molecular complexity index is 975. The first-order valence-corrected chi connectivity index (χ1v) is 8.35. The minimum Gasteiger partial charge on any atom is -0.342 e. The van der Waals surface area contributed by atoms with E-state index in [9.17, 15) is 4.79 Å². The second-order valence-corrected chi connectivity index (χ2v) is 5.90. The van der Waals surface area contributed by atoms with Crippen LogP contribution in [0.4, 0.5) is 0 Å². The molecule has 6 nitrogen and oxygen atoms in total. The average molecular weight is 343 g/mol. The highest BCUT2D eigenvalue weighted by Gasteiger charge is 2.18. The predicted octanol–water partition coefficient (Wildman–Crippen LogP) is 2.73. The van der Waals surface area contributed by atoms with Gasteiger partial charge in [0.15, 0.2) is 0 Å². The molecule has 2 heterocycles. The molecule has 26 heavy (non-hydrogen) atoms. The number of aromatic nitrogens is 4. The molecular formula is C20H17N5O. The number of amides is 1. The lowest BCUT2D eigenvalue weighted by molar-refractivity contribution is -0.122. The molecule has 0 bridgehead atoms. The van der Waals surface area contributed by atoms with Crippen molar-refractivity contribution in [2.24, 2.45) is 0 Å². The van der Waals surface area contributed by atoms with Gasteiger partial charge in [0, 0.05) is 6.20 Å². The zero-order valence-electron chi connectivity index (χ0n) is 14.0. The first-order valence-electron chi connectivity index (χ1n) is 8.35. The fourth-order valence-corrected chi connectivity index (χ4v) is 2.90. The van der Waals surface area contributed by atoms with Crippen LogP contribution in [0, 0.1) is 0 Å². The van der Waals surface area contributed by atoms with Gasteiger partial charge >= 0.3 is 0 Å². The highest BCUT2D eigenvalue weighted by molar-refractivity contribution is 5.80. The second kappa shape index (κ2) is 7.14. The maximum Gasteiger partial charge on any atom is 0.242 e. The van der Waals surface area contributed by atoms with Crippen LogP contribution < -0.4 is 5.32 Å². The zero-order chi connectivity index (χ0) is 17.8. The van der Waals surface area contributed by atoms with Crippen LogP contribution >= 0.6 is 0 Å².